The van der Waals surface area contributed by atoms with E-state index in [-0.39, 0.29) is 18.1 Å². The number of carboxylic acids is 1. The van der Waals surface area contributed by atoms with Crippen LogP contribution in [0.4, 0.5) is 0 Å². The van der Waals surface area contributed by atoms with E-state index in [0.717, 1.165) is 0 Å². The molecule has 4 atom stereocenters. The number of nitrogens with two attached hydrogens (primary N) is 2. The lowest BCUT2D eigenvalue weighted by atomic mass is 10.00. The normalized spacial score (nSPS) is 14.4. The highest BCUT2D eigenvalue weighted by atomic mass is 16.4. The number of carbonyl (C=O) groups is 5. The number of carboxylic acid groups (broad SMARTS) is 1. The zero-order valence-corrected chi connectivity index (χ0v) is 21.0. The number of aliphatic carboxylic acids is 1. The van der Waals surface area contributed by atoms with E-state index in [1.54, 1.807) is 13.8 Å². The minimum absolute atomic E-state index is 0.00384. The van der Waals surface area contributed by atoms with E-state index in [0.29, 0.717) is 12.0 Å². The van der Waals surface area contributed by atoms with Crippen LogP contribution in [0, 0.1) is 11.8 Å². The highest BCUT2D eigenvalue weighted by molar-refractivity contribution is 5.96. The van der Waals surface area contributed by atoms with E-state index in [4.69, 9.17) is 11.5 Å². The molecule has 0 saturated heterocycles. The molecule has 4 unspecified atom stereocenters. The molecule has 0 aromatic heterocycles. The van der Waals surface area contributed by atoms with Crippen LogP contribution in [0.3, 0.4) is 0 Å². The van der Waals surface area contributed by atoms with Gasteiger partial charge in [-0.25, -0.2) is 4.79 Å². The van der Waals surface area contributed by atoms with E-state index in [1.165, 1.54) is 24.3 Å². The summed E-state index contributed by atoms with van der Waals surface area (Å²) < 4.78 is 0. The predicted octanol–water partition coefficient (Wildman–Crippen LogP) is -0.621. The van der Waals surface area contributed by atoms with Crippen LogP contribution < -0.4 is 27.4 Å². The molecule has 200 valence electrons. The van der Waals surface area contributed by atoms with E-state index in [9.17, 15) is 34.2 Å². The van der Waals surface area contributed by atoms with Crippen molar-refractivity contribution >= 4 is 29.6 Å². The van der Waals surface area contributed by atoms with Crippen LogP contribution in [0.25, 0.3) is 0 Å². The van der Waals surface area contributed by atoms with Crippen LogP contribution in [-0.4, -0.2) is 64.0 Å². The number of primary amides is 1. The maximum absolute atomic E-state index is 13.0. The van der Waals surface area contributed by atoms with Crippen molar-refractivity contribution in [3.05, 3.63) is 29.8 Å². The largest absolute Gasteiger partial charge is 0.508 e. The Hall–Kier alpha value is -3.67. The van der Waals surface area contributed by atoms with Gasteiger partial charge < -0.3 is 37.6 Å². The molecule has 0 bridgehead atoms. The molecule has 12 heteroatoms. The summed E-state index contributed by atoms with van der Waals surface area (Å²) >= 11 is 0. The summed E-state index contributed by atoms with van der Waals surface area (Å²) in [7, 11) is 0. The number of amides is 4. The van der Waals surface area contributed by atoms with Crippen LogP contribution in [-0.2, 0) is 30.4 Å². The van der Waals surface area contributed by atoms with Gasteiger partial charge in [-0.3, -0.25) is 19.2 Å². The zero-order chi connectivity index (χ0) is 27.6. The van der Waals surface area contributed by atoms with Crippen molar-refractivity contribution in [1.29, 1.82) is 0 Å². The van der Waals surface area contributed by atoms with Gasteiger partial charge in [0.2, 0.25) is 23.6 Å². The Morgan fingerprint density at radius 1 is 0.861 bits per heavy atom. The average Bonchev–Trinajstić information content (AvgIpc) is 2.76. The molecule has 0 saturated carbocycles. The Morgan fingerprint density at radius 3 is 1.89 bits per heavy atom. The first-order valence-electron chi connectivity index (χ1n) is 11.7. The predicted molar refractivity (Wildman–Crippen MR) is 131 cm³/mol. The summed E-state index contributed by atoms with van der Waals surface area (Å²) in [5.41, 5.74) is 11.7. The average molecular weight is 508 g/mol. The molecule has 36 heavy (non-hydrogen) atoms. The SMILES string of the molecule is CC(C)CC(N)C(=O)NC(C(=O)NC(CC(N)=O)C(=O)NC(Cc1ccc(O)cc1)C(=O)O)C(C)C. The van der Waals surface area contributed by atoms with Gasteiger partial charge in [0.15, 0.2) is 0 Å². The van der Waals surface area contributed by atoms with E-state index >= 15 is 0 Å². The standard InChI is InChI=1S/C24H37N5O7/c1-12(2)9-16(25)21(32)29-20(13(3)4)23(34)27-17(11-19(26)31)22(33)28-18(24(35)36)10-14-5-7-15(30)8-6-14/h5-8,12-13,16-18,20,30H,9-11,25H2,1-4H3,(H2,26,31)(H,27,34)(H,28,33)(H,29,32)(H,35,36). The number of hydrogen-bond acceptors (Lipinski definition) is 7. The molecule has 1 aromatic rings. The number of phenolic OH excluding ortho intramolecular Hbond substituents is 1. The first-order valence-corrected chi connectivity index (χ1v) is 11.7. The Bertz CT molecular complexity index is 933. The fourth-order valence-corrected chi connectivity index (χ4v) is 3.42. The van der Waals surface area contributed by atoms with Crippen molar-refractivity contribution in [1.82, 2.24) is 16.0 Å². The molecular weight excluding hydrogens is 470 g/mol. The fourth-order valence-electron chi connectivity index (χ4n) is 3.42. The number of hydrogen-bond donors (Lipinski definition) is 7. The maximum atomic E-state index is 13.0. The molecule has 0 aliphatic carbocycles. The first kappa shape index (κ1) is 30.4. The van der Waals surface area contributed by atoms with Gasteiger partial charge in [-0.2, -0.15) is 0 Å². The number of rotatable bonds is 14. The molecule has 0 aliphatic heterocycles. The number of nitrogens with one attached hydrogen (secondary N) is 3. The van der Waals surface area contributed by atoms with Crippen molar-refractivity contribution in [3.8, 4) is 5.75 Å². The molecule has 1 aromatic carbocycles. The molecule has 9 N–H and O–H groups in total. The second kappa shape index (κ2) is 14.0. The number of carbonyl (C=O) groups excluding carboxylic acids is 4. The number of benzene rings is 1. The second-order valence-electron chi connectivity index (χ2n) is 9.47. The van der Waals surface area contributed by atoms with Crippen LogP contribution in [0.2, 0.25) is 0 Å². The van der Waals surface area contributed by atoms with Gasteiger partial charge in [0.1, 0.15) is 23.9 Å². The Labute approximate surface area is 210 Å². The zero-order valence-electron chi connectivity index (χ0n) is 21.0. The first-order chi connectivity index (χ1) is 16.7. The van der Waals surface area contributed by atoms with Gasteiger partial charge in [0.25, 0.3) is 0 Å². The summed E-state index contributed by atoms with van der Waals surface area (Å²) in [6, 6.07) is 0.994. The highest BCUT2D eigenvalue weighted by Crippen LogP contribution is 2.12. The van der Waals surface area contributed by atoms with Gasteiger partial charge >= 0.3 is 5.97 Å². The monoisotopic (exact) mass is 507 g/mol. The third kappa shape index (κ3) is 10.3. The molecule has 0 radical (unpaired) electrons. The summed E-state index contributed by atoms with van der Waals surface area (Å²) in [5.74, 6) is -4.69. The van der Waals surface area contributed by atoms with Crippen LogP contribution in [0.15, 0.2) is 24.3 Å². The molecule has 12 nitrogen and oxygen atoms in total. The Balaban J connectivity index is 2.99. The molecule has 4 amide bonds. The molecule has 0 fully saturated rings. The summed E-state index contributed by atoms with van der Waals surface area (Å²) in [4.78, 5) is 61.6. The maximum Gasteiger partial charge on any atom is 0.326 e. The van der Waals surface area contributed by atoms with E-state index < -0.39 is 66.1 Å². The van der Waals surface area contributed by atoms with Crippen LogP contribution in [0.1, 0.15) is 46.1 Å². The molecule has 0 spiro atoms. The minimum atomic E-state index is -1.47. The summed E-state index contributed by atoms with van der Waals surface area (Å²) in [6.45, 7) is 7.16. The van der Waals surface area contributed by atoms with Gasteiger partial charge in [0.05, 0.1) is 12.5 Å². The van der Waals surface area contributed by atoms with Gasteiger partial charge in [0, 0.05) is 6.42 Å². The lowest BCUT2D eigenvalue weighted by Gasteiger charge is -2.27. The molecular formula is C24H37N5O7. The molecule has 0 aliphatic rings. The van der Waals surface area contributed by atoms with Crippen LogP contribution in [0.5, 0.6) is 5.75 Å². The summed E-state index contributed by atoms with van der Waals surface area (Å²) in [6.07, 6.45) is -0.297. The third-order valence-electron chi connectivity index (χ3n) is 5.34. The van der Waals surface area contributed by atoms with Crippen molar-refractivity contribution in [3.63, 3.8) is 0 Å². The van der Waals surface area contributed by atoms with Crippen molar-refractivity contribution in [2.75, 3.05) is 0 Å². The quantitative estimate of drug-likeness (QED) is 0.172. The minimum Gasteiger partial charge on any atom is -0.508 e. The van der Waals surface area contributed by atoms with Gasteiger partial charge in [-0.05, 0) is 36.0 Å². The van der Waals surface area contributed by atoms with E-state index in [1.807, 2.05) is 13.8 Å². The number of aromatic hydroxyl groups is 1. The second-order valence-corrected chi connectivity index (χ2v) is 9.47. The number of phenols is 1. The Morgan fingerprint density at radius 2 is 1.42 bits per heavy atom. The van der Waals surface area contributed by atoms with Gasteiger partial charge in [-0.1, -0.05) is 39.8 Å². The molecule has 0 heterocycles. The Kier molecular flexibility index (Phi) is 11.8. The lowest BCUT2D eigenvalue weighted by molar-refractivity contribution is -0.142. The molecule has 1 rings (SSSR count). The van der Waals surface area contributed by atoms with Crippen molar-refractivity contribution in [2.45, 2.75) is 71.1 Å². The third-order valence-corrected chi connectivity index (χ3v) is 5.34. The van der Waals surface area contributed by atoms with Crippen molar-refractivity contribution in [2.24, 2.45) is 23.3 Å². The topological polar surface area (TPSA) is 214 Å². The van der Waals surface area contributed by atoms with Crippen LogP contribution >= 0.6 is 0 Å². The lowest BCUT2D eigenvalue weighted by Crippen LogP contribution is -2.59. The fraction of sp³-hybridized carbons (Fsp3) is 0.542. The van der Waals surface area contributed by atoms with Crippen molar-refractivity contribution < 1.29 is 34.2 Å². The van der Waals surface area contributed by atoms with Gasteiger partial charge in [-0.15, -0.1) is 0 Å². The summed E-state index contributed by atoms with van der Waals surface area (Å²) in [5, 5.41) is 26.2. The smallest absolute Gasteiger partial charge is 0.326 e. The van der Waals surface area contributed by atoms with E-state index in [2.05, 4.69) is 16.0 Å². The highest BCUT2D eigenvalue weighted by Gasteiger charge is 2.32.